The van der Waals surface area contributed by atoms with Crippen molar-refractivity contribution in [1.29, 1.82) is 0 Å². The molecule has 1 amide bonds. The zero-order valence-electron chi connectivity index (χ0n) is 8.59. The van der Waals surface area contributed by atoms with Gasteiger partial charge in [0.05, 0.1) is 11.8 Å². The van der Waals surface area contributed by atoms with Crippen LogP contribution < -0.4 is 5.32 Å². The molecule has 0 aliphatic rings. The average Bonchev–Trinajstić information content (AvgIpc) is 2.32. The smallest absolute Gasteiger partial charge is 0.258 e. The number of aromatic nitrogens is 2. The average molecular weight is 341 g/mol. The predicted molar refractivity (Wildman–Crippen MR) is 70.8 cm³/mol. The van der Waals surface area contributed by atoms with Gasteiger partial charge in [-0.05, 0) is 40.8 Å². The number of carbonyl (C=O) groups excluding carboxylic acids is 1. The molecule has 2 rings (SSSR count). The molecular formula is C11H8IN3O2. The Morgan fingerprint density at radius 3 is 2.76 bits per heavy atom. The van der Waals surface area contributed by atoms with Crippen molar-refractivity contribution in [2.24, 2.45) is 0 Å². The summed E-state index contributed by atoms with van der Waals surface area (Å²) in [6, 6.07) is 4.88. The first-order valence-electron chi connectivity index (χ1n) is 4.72. The highest BCUT2D eigenvalue weighted by Gasteiger charge is 2.07. The SMILES string of the molecule is O=C(Nc1ccc(I)cn1)c1cncc(O)c1. The first kappa shape index (κ1) is 11.8. The van der Waals surface area contributed by atoms with E-state index in [4.69, 9.17) is 0 Å². The molecule has 0 atom stereocenters. The second kappa shape index (κ2) is 5.09. The second-order valence-electron chi connectivity index (χ2n) is 3.25. The van der Waals surface area contributed by atoms with Crippen LogP contribution in [0.1, 0.15) is 10.4 Å². The minimum atomic E-state index is -0.359. The van der Waals surface area contributed by atoms with Crippen molar-refractivity contribution in [2.75, 3.05) is 5.32 Å². The van der Waals surface area contributed by atoms with Gasteiger partial charge >= 0.3 is 0 Å². The Bertz CT molecular complexity index is 543. The molecule has 2 N–H and O–H groups in total. The van der Waals surface area contributed by atoms with Gasteiger partial charge in [0.1, 0.15) is 11.6 Å². The van der Waals surface area contributed by atoms with E-state index in [1.165, 1.54) is 18.5 Å². The number of nitrogens with one attached hydrogen (secondary N) is 1. The van der Waals surface area contributed by atoms with E-state index in [0.29, 0.717) is 5.82 Å². The van der Waals surface area contributed by atoms with Crippen molar-refractivity contribution in [3.8, 4) is 5.75 Å². The number of halogens is 1. The van der Waals surface area contributed by atoms with Crippen molar-refractivity contribution in [3.63, 3.8) is 0 Å². The lowest BCUT2D eigenvalue weighted by atomic mass is 10.2. The Morgan fingerprint density at radius 2 is 2.12 bits per heavy atom. The molecule has 2 aromatic heterocycles. The summed E-state index contributed by atoms with van der Waals surface area (Å²) < 4.78 is 0.986. The highest BCUT2D eigenvalue weighted by molar-refractivity contribution is 14.1. The maximum absolute atomic E-state index is 11.7. The van der Waals surface area contributed by atoms with E-state index in [0.717, 1.165) is 3.57 Å². The molecule has 86 valence electrons. The summed E-state index contributed by atoms with van der Waals surface area (Å²) in [5.74, 6) is 0.0501. The third kappa shape index (κ3) is 3.13. The van der Waals surface area contributed by atoms with Crippen molar-refractivity contribution in [3.05, 3.63) is 45.9 Å². The fourth-order valence-electron chi connectivity index (χ4n) is 1.19. The highest BCUT2D eigenvalue weighted by Crippen LogP contribution is 2.11. The van der Waals surface area contributed by atoms with E-state index in [2.05, 4.69) is 37.9 Å². The molecular weight excluding hydrogens is 333 g/mol. The van der Waals surface area contributed by atoms with Crippen LogP contribution in [0.4, 0.5) is 5.82 Å². The Morgan fingerprint density at radius 1 is 1.29 bits per heavy atom. The molecule has 0 spiro atoms. The van der Waals surface area contributed by atoms with Gasteiger partial charge in [-0.2, -0.15) is 0 Å². The largest absolute Gasteiger partial charge is 0.506 e. The van der Waals surface area contributed by atoms with Crippen LogP contribution in [0.2, 0.25) is 0 Å². The molecule has 0 unspecified atom stereocenters. The van der Waals surface area contributed by atoms with Crippen LogP contribution >= 0.6 is 22.6 Å². The molecule has 0 aromatic carbocycles. The lowest BCUT2D eigenvalue weighted by Crippen LogP contribution is -2.13. The number of amides is 1. The second-order valence-corrected chi connectivity index (χ2v) is 4.49. The number of anilines is 1. The number of aromatic hydroxyl groups is 1. The third-order valence-electron chi connectivity index (χ3n) is 1.95. The molecule has 17 heavy (non-hydrogen) atoms. The summed E-state index contributed by atoms with van der Waals surface area (Å²) in [6.45, 7) is 0. The summed E-state index contributed by atoms with van der Waals surface area (Å²) in [7, 11) is 0. The number of hydrogen-bond acceptors (Lipinski definition) is 4. The highest BCUT2D eigenvalue weighted by atomic mass is 127. The fourth-order valence-corrected chi connectivity index (χ4v) is 1.51. The number of carbonyl (C=O) groups is 1. The van der Waals surface area contributed by atoms with Crippen molar-refractivity contribution < 1.29 is 9.90 Å². The summed E-state index contributed by atoms with van der Waals surface area (Å²) in [5.41, 5.74) is 0.283. The van der Waals surface area contributed by atoms with Gasteiger partial charge in [0.25, 0.3) is 5.91 Å². The Balaban J connectivity index is 2.14. The molecule has 2 aromatic rings. The van der Waals surface area contributed by atoms with Crippen LogP contribution in [0, 0.1) is 3.57 Å². The summed E-state index contributed by atoms with van der Waals surface area (Å²) in [6.07, 6.45) is 4.29. The van der Waals surface area contributed by atoms with Crippen LogP contribution in [-0.2, 0) is 0 Å². The molecule has 0 fully saturated rings. The van der Waals surface area contributed by atoms with Crippen LogP contribution in [-0.4, -0.2) is 21.0 Å². The third-order valence-corrected chi connectivity index (χ3v) is 2.59. The van der Waals surface area contributed by atoms with Crippen molar-refractivity contribution in [1.82, 2.24) is 9.97 Å². The number of nitrogens with zero attached hydrogens (tertiary/aromatic N) is 2. The number of hydrogen-bond donors (Lipinski definition) is 2. The van der Waals surface area contributed by atoms with Crippen LogP contribution in [0.15, 0.2) is 36.8 Å². The first-order chi connectivity index (χ1) is 8.15. The standard InChI is InChI=1S/C11H8IN3O2/c12-8-1-2-10(14-5-8)15-11(17)7-3-9(16)6-13-4-7/h1-6,16H,(H,14,15,17). The Hall–Kier alpha value is -1.70. The number of rotatable bonds is 2. The molecule has 0 saturated heterocycles. The molecule has 0 bridgehead atoms. The normalized spacial score (nSPS) is 9.94. The van der Waals surface area contributed by atoms with E-state index < -0.39 is 0 Å². The molecule has 2 heterocycles. The zero-order chi connectivity index (χ0) is 12.3. The van der Waals surface area contributed by atoms with Gasteiger partial charge in [-0.1, -0.05) is 0 Å². The van der Waals surface area contributed by atoms with Gasteiger partial charge in [-0.3, -0.25) is 9.78 Å². The zero-order valence-corrected chi connectivity index (χ0v) is 10.7. The molecule has 0 saturated carbocycles. The summed E-state index contributed by atoms with van der Waals surface area (Å²) >= 11 is 2.13. The maximum Gasteiger partial charge on any atom is 0.258 e. The summed E-state index contributed by atoms with van der Waals surface area (Å²) in [5, 5.41) is 11.8. The lowest BCUT2D eigenvalue weighted by Gasteiger charge is -2.04. The molecule has 0 radical (unpaired) electrons. The van der Waals surface area contributed by atoms with Gasteiger partial charge in [-0.25, -0.2) is 4.98 Å². The minimum Gasteiger partial charge on any atom is -0.506 e. The first-order valence-corrected chi connectivity index (χ1v) is 5.80. The van der Waals surface area contributed by atoms with E-state index in [-0.39, 0.29) is 17.2 Å². The Kier molecular flexibility index (Phi) is 3.52. The molecule has 0 aliphatic heterocycles. The minimum absolute atomic E-state index is 0.0479. The van der Waals surface area contributed by atoms with Crippen molar-refractivity contribution >= 4 is 34.3 Å². The monoisotopic (exact) mass is 341 g/mol. The fraction of sp³-hybridized carbons (Fsp3) is 0. The summed E-state index contributed by atoms with van der Waals surface area (Å²) in [4.78, 5) is 19.5. The van der Waals surface area contributed by atoms with Crippen molar-refractivity contribution in [2.45, 2.75) is 0 Å². The number of pyridine rings is 2. The van der Waals surface area contributed by atoms with Gasteiger partial charge in [0, 0.05) is 16.0 Å². The van der Waals surface area contributed by atoms with E-state index in [1.54, 1.807) is 12.3 Å². The predicted octanol–water partition coefficient (Wildman–Crippen LogP) is 2.04. The molecule has 5 nitrogen and oxygen atoms in total. The van der Waals surface area contributed by atoms with E-state index in [9.17, 15) is 9.90 Å². The molecule has 0 aliphatic carbocycles. The lowest BCUT2D eigenvalue weighted by molar-refractivity contribution is 0.102. The Labute approximate surface area is 111 Å². The van der Waals surface area contributed by atoms with Gasteiger partial charge in [-0.15, -0.1) is 0 Å². The van der Waals surface area contributed by atoms with E-state index in [1.807, 2.05) is 6.07 Å². The molecule has 6 heteroatoms. The van der Waals surface area contributed by atoms with Gasteiger partial charge in [0.2, 0.25) is 0 Å². The topological polar surface area (TPSA) is 75.1 Å². The van der Waals surface area contributed by atoms with Crippen LogP contribution in [0.5, 0.6) is 5.75 Å². The van der Waals surface area contributed by atoms with Crippen LogP contribution in [0.3, 0.4) is 0 Å². The van der Waals surface area contributed by atoms with Crippen LogP contribution in [0.25, 0.3) is 0 Å². The maximum atomic E-state index is 11.7. The van der Waals surface area contributed by atoms with E-state index >= 15 is 0 Å². The van der Waals surface area contributed by atoms with Gasteiger partial charge < -0.3 is 10.4 Å². The quantitative estimate of drug-likeness (QED) is 0.820. The van der Waals surface area contributed by atoms with Gasteiger partial charge in [0.15, 0.2) is 0 Å².